The van der Waals surface area contributed by atoms with Crippen LogP contribution in [0.1, 0.15) is 32.1 Å². The monoisotopic (exact) mass is 480 g/mol. The third-order valence-electron chi connectivity index (χ3n) is 5.53. The summed E-state index contributed by atoms with van der Waals surface area (Å²) >= 11 is 1.21. The van der Waals surface area contributed by atoms with Crippen LogP contribution in [0.4, 0.5) is 5.69 Å². The predicted molar refractivity (Wildman–Crippen MR) is 128 cm³/mol. The van der Waals surface area contributed by atoms with Crippen LogP contribution in [0.15, 0.2) is 53.4 Å². The predicted octanol–water partition coefficient (Wildman–Crippen LogP) is 4.14. The minimum absolute atomic E-state index is 0.0835. The summed E-state index contributed by atoms with van der Waals surface area (Å²) < 4.78 is 17.8. The highest BCUT2D eigenvalue weighted by Crippen LogP contribution is 2.34. The number of ketones is 1. The largest absolute Gasteiger partial charge is 0.454 e. The second kappa shape index (κ2) is 10.0. The summed E-state index contributed by atoms with van der Waals surface area (Å²) in [5, 5.41) is 2.80. The number of rotatable bonds is 8. The van der Waals surface area contributed by atoms with Gasteiger partial charge in [0.15, 0.2) is 18.1 Å². The van der Waals surface area contributed by atoms with Crippen molar-refractivity contribution in [3.63, 3.8) is 0 Å². The van der Waals surface area contributed by atoms with Crippen molar-refractivity contribution in [2.45, 2.75) is 18.7 Å². The quantitative estimate of drug-likeness (QED) is 0.294. The zero-order valence-electron chi connectivity index (χ0n) is 19.0. The number of benzene rings is 2. The smallest absolute Gasteiger partial charge is 0.339 e. The second-order valence-electron chi connectivity index (χ2n) is 7.74. The number of amides is 1. The Morgan fingerprint density at radius 1 is 1.03 bits per heavy atom. The SMILES string of the molecule is Cc1cc(C(=O)COC(=O)c2ccccc2SCC(=O)Nc2ccc3c(c2)OCO3)c(C)n1C. The number of aryl methyl sites for hydroxylation is 1. The van der Waals surface area contributed by atoms with E-state index in [1.165, 1.54) is 11.8 Å². The number of nitrogens with one attached hydrogen (secondary N) is 1. The van der Waals surface area contributed by atoms with Crippen molar-refractivity contribution >= 4 is 35.1 Å². The second-order valence-corrected chi connectivity index (χ2v) is 8.76. The van der Waals surface area contributed by atoms with Gasteiger partial charge in [0, 0.05) is 40.6 Å². The van der Waals surface area contributed by atoms with Gasteiger partial charge in [-0.1, -0.05) is 12.1 Å². The summed E-state index contributed by atoms with van der Waals surface area (Å²) in [7, 11) is 1.88. The van der Waals surface area contributed by atoms with Crippen molar-refractivity contribution in [3.8, 4) is 11.5 Å². The van der Waals surface area contributed by atoms with Crippen LogP contribution in [-0.4, -0.2) is 41.4 Å². The van der Waals surface area contributed by atoms with E-state index in [0.717, 1.165) is 11.4 Å². The molecule has 1 aromatic heterocycles. The Balaban J connectivity index is 1.34. The number of fused-ring (bicyclic) bond motifs is 1. The molecule has 0 bridgehead atoms. The van der Waals surface area contributed by atoms with Gasteiger partial charge in [-0.05, 0) is 44.2 Å². The molecule has 0 radical (unpaired) electrons. The normalized spacial score (nSPS) is 11.9. The van der Waals surface area contributed by atoms with Crippen LogP contribution < -0.4 is 14.8 Å². The standard InChI is InChI=1S/C25H24N2O6S/c1-15-10-19(16(2)27(15)3)20(28)12-31-25(30)18-6-4-5-7-23(18)34-13-24(29)26-17-8-9-21-22(11-17)33-14-32-21/h4-11H,12-14H2,1-3H3,(H,26,29). The summed E-state index contributed by atoms with van der Waals surface area (Å²) in [5.74, 6) is 0.183. The van der Waals surface area contributed by atoms with E-state index < -0.39 is 5.97 Å². The molecule has 176 valence electrons. The highest BCUT2D eigenvalue weighted by Gasteiger charge is 2.19. The van der Waals surface area contributed by atoms with Crippen LogP contribution in [0.2, 0.25) is 0 Å². The number of nitrogens with zero attached hydrogens (tertiary/aromatic N) is 1. The van der Waals surface area contributed by atoms with E-state index in [0.29, 0.717) is 33.2 Å². The van der Waals surface area contributed by atoms with Crippen LogP contribution in [-0.2, 0) is 16.6 Å². The Hall–Kier alpha value is -3.72. The first-order valence-corrected chi connectivity index (χ1v) is 11.6. The molecular weight excluding hydrogens is 456 g/mol. The van der Waals surface area contributed by atoms with Crippen molar-refractivity contribution in [2.75, 3.05) is 24.5 Å². The van der Waals surface area contributed by atoms with Crippen molar-refractivity contribution in [1.82, 2.24) is 4.57 Å². The molecule has 0 spiro atoms. The lowest BCUT2D eigenvalue weighted by Crippen LogP contribution is -2.16. The molecule has 3 aromatic rings. The molecule has 1 amide bonds. The number of hydrogen-bond donors (Lipinski definition) is 1. The van der Waals surface area contributed by atoms with Gasteiger partial charge >= 0.3 is 5.97 Å². The van der Waals surface area contributed by atoms with Crippen molar-refractivity contribution in [2.24, 2.45) is 7.05 Å². The fourth-order valence-corrected chi connectivity index (χ4v) is 4.34. The topological polar surface area (TPSA) is 95.9 Å². The molecule has 0 saturated carbocycles. The molecule has 0 unspecified atom stereocenters. The molecule has 1 aliphatic heterocycles. The lowest BCUT2D eigenvalue weighted by Gasteiger charge is -2.10. The molecule has 4 rings (SSSR count). The van der Waals surface area contributed by atoms with E-state index in [9.17, 15) is 14.4 Å². The maximum absolute atomic E-state index is 12.7. The van der Waals surface area contributed by atoms with Crippen molar-refractivity contribution < 1.29 is 28.6 Å². The van der Waals surface area contributed by atoms with Crippen molar-refractivity contribution in [3.05, 3.63) is 71.0 Å². The zero-order valence-corrected chi connectivity index (χ0v) is 19.9. The van der Waals surface area contributed by atoms with Gasteiger partial charge in [0.2, 0.25) is 18.5 Å². The molecule has 0 saturated heterocycles. The highest BCUT2D eigenvalue weighted by molar-refractivity contribution is 8.00. The third kappa shape index (κ3) is 5.09. The molecule has 0 aliphatic carbocycles. The Bertz CT molecular complexity index is 1270. The zero-order chi connectivity index (χ0) is 24.2. The van der Waals surface area contributed by atoms with E-state index >= 15 is 0 Å². The summed E-state index contributed by atoms with van der Waals surface area (Å²) in [6.07, 6.45) is 0. The average Bonchev–Trinajstić information content (AvgIpc) is 3.40. The molecular formula is C25H24N2O6S. The Kier molecular flexibility index (Phi) is 6.93. The van der Waals surface area contributed by atoms with Crippen molar-refractivity contribution in [1.29, 1.82) is 0 Å². The number of aromatic nitrogens is 1. The number of carbonyl (C=O) groups is 3. The van der Waals surface area contributed by atoms with Gasteiger partial charge in [0.05, 0.1) is 11.3 Å². The number of ether oxygens (including phenoxy) is 3. The Morgan fingerprint density at radius 2 is 1.79 bits per heavy atom. The lowest BCUT2D eigenvalue weighted by atomic mass is 10.1. The third-order valence-corrected chi connectivity index (χ3v) is 6.61. The number of carbonyl (C=O) groups excluding carboxylic acids is 3. The van der Waals surface area contributed by atoms with Gasteiger partial charge in [-0.2, -0.15) is 0 Å². The fourth-order valence-electron chi connectivity index (χ4n) is 3.50. The van der Waals surface area contributed by atoms with Gasteiger partial charge in [-0.25, -0.2) is 4.79 Å². The summed E-state index contributed by atoms with van der Waals surface area (Å²) in [6.45, 7) is 3.56. The van der Waals surface area contributed by atoms with E-state index in [1.807, 2.05) is 25.5 Å². The maximum Gasteiger partial charge on any atom is 0.339 e. The molecule has 1 aliphatic rings. The molecule has 2 heterocycles. The van der Waals surface area contributed by atoms with Gasteiger partial charge in [-0.15, -0.1) is 11.8 Å². The number of anilines is 1. The van der Waals surface area contributed by atoms with Gasteiger partial charge in [0.1, 0.15) is 0 Å². The first-order chi connectivity index (χ1) is 16.3. The van der Waals surface area contributed by atoms with Crippen LogP contribution in [0.3, 0.4) is 0 Å². The molecule has 0 atom stereocenters. The van der Waals surface area contributed by atoms with Crippen LogP contribution in [0.25, 0.3) is 0 Å². The summed E-state index contributed by atoms with van der Waals surface area (Å²) in [4.78, 5) is 38.3. The van der Waals surface area contributed by atoms with E-state index in [2.05, 4.69) is 5.32 Å². The summed E-state index contributed by atoms with van der Waals surface area (Å²) in [6, 6.07) is 13.8. The first-order valence-electron chi connectivity index (χ1n) is 10.6. The van der Waals surface area contributed by atoms with Crippen LogP contribution >= 0.6 is 11.8 Å². The molecule has 34 heavy (non-hydrogen) atoms. The Morgan fingerprint density at radius 3 is 2.56 bits per heavy atom. The number of Topliss-reactive ketones (excluding diaryl/α,β-unsaturated/α-hetero) is 1. The summed E-state index contributed by atoms with van der Waals surface area (Å²) in [5.41, 5.74) is 3.20. The molecule has 9 heteroatoms. The molecule has 2 aromatic carbocycles. The van der Waals surface area contributed by atoms with E-state index in [1.54, 1.807) is 48.5 Å². The van der Waals surface area contributed by atoms with E-state index in [-0.39, 0.29) is 30.8 Å². The average molecular weight is 481 g/mol. The maximum atomic E-state index is 12.7. The fraction of sp³-hybridized carbons (Fsp3) is 0.240. The molecule has 8 nitrogen and oxygen atoms in total. The number of hydrogen-bond acceptors (Lipinski definition) is 7. The first kappa shape index (κ1) is 23.4. The minimum atomic E-state index is -0.613. The van der Waals surface area contributed by atoms with Crippen LogP contribution in [0.5, 0.6) is 11.5 Å². The number of esters is 1. The Labute approximate surface area is 201 Å². The van der Waals surface area contributed by atoms with Crippen LogP contribution in [0, 0.1) is 13.8 Å². The minimum Gasteiger partial charge on any atom is -0.454 e. The van der Waals surface area contributed by atoms with Gasteiger partial charge < -0.3 is 24.1 Å². The number of thioether (sulfide) groups is 1. The highest BCUT2D eigenvalue weighted by atomic mass is 32.2. The molecule has 0 fully saturated rings. The van der Waals surface area contributed by atoms with Gasteiger partial charge in [0.25, 0.3) is 0 Å². The van der Waals surface area contributed by atoms with Gasteiger partial charge in [-0.3, -0.25) is 9.59 Å². The molecule has 1 N–H and O–H groups in total. The lowest BCUT2D eigenvalue weighted by molar-refractivity contribution is -0.113. The van der Waals surface area contributed by atoms with E-state index in [4.69, 9.17) is 14.2 Å².